The van der Waals surface area contributed by atoms with Crippen LogP contribution in [0.25, 0.3) is 0 Å². The number of nitrogens with two attached hydrogens (primary N) is 1. The van der Waals surface area contributed by atoms with E-state index in [1.54, 1.807) is 6.92 Å². The lowest BCUT2D eigenvalue weighted by Gasteiger charge is -2.33. The van der Waals surface area contributed by atoms with Crippen molar-refractivity contribution in [1.29, 1.82) is 0 Å². The van der Waals surface area contributed by atoms with Crippen LogP contribution in [-0.2, 0) is 25.6 Å². The summed E-state index contributed by atoms with van der Waals surface area (Å²) in [5.41, 5.74) is 6.84. The van der Waals surface area contributed by atoms with Gasteiger partial charge >= 0.3 is 25.0 Å². The number of urea groups is 1. The maximum Gasteiger partial charge on any atom is 0.547 e. The maximum absolute atomic E-state index is 13.0. The molecule has 2 aliphatic rings. The van der Waals surface area contributed by atoms with Crippen molar-refractivity contribution in [2.24, 2.45) is 5.73 Å². The number of imide groups is 1. The summed E-state index contributed by atoms with van der Waals surface area (Å²) in [6.07, 6.45) is -0.0592. The topological polar surface area (TPSA) is 171 Å². The van der Waals surface area contributed by atoms with E-state index >= 15 is 0 Å². The van der Waals surface area contributed by atoms with Gasteiger partial charge in [-0.25, -0.2) is 4.79 Å². The Bertz CT molecular complexity index is 1000. The van der Waals surface area contributed by atoms with Gasteiger partial charge in [0.05, 0.1) is 5.94 Å². The number of nitrogens with one attached hydrogen (secondary N) is 2. The predicted molar refractivity (Wildman–Crippen MR) is 120 cm³/mol. The minimum absolute atomic E-state index is 0.0281. The van der Waals surface area contributed by atoms with Crippen LogP contribution >= 0.6 is 0 Å². The maximum atomic E-state index is 13.0. The minimum Gasteiger partial charge on any atom is -0.534 e. The van der Waals surface area contributed by atoms with Crippen LogP contribution in [0.1, 0.15) is 30.9 Å². The molecule has 6 amide bonds. The number of piperazine rings is 1. The Morgan fingerprint density at radius 1 is 1.26 bits per heavy atom. The predicted octanol–water partition coefficient (Wildman–Crippen LogP) is -1.53. The number of nitrogens with zero attached hydrogens (tertiary/aromatic N) is 2. The highest BCUT2D eigenvalue weighted by Gasteiger charge is 2.39. The van der Waals surface area contributed by atoms with E-state index in [0.29, 0.717) is 12.3 Å². The molecule has 1 fully saturated rings. The highest BCUT2D eigenvalue weighted by molar-refractivity contribution is 6.47. The van der Waals surface area contributed by atoms with Gasteiger partial charge < -0.3 is 30.9 Å². The van der Waals surface area contributed by atoms with Crippen molar-refractivity contribution < 1.29 is 33.7 Å². The molecular formula is C21H28BN5O7. The SMILES string of the molecule is CCN1CCN(C(=O)N[C@H](CCC(N)=O)C(=O)N[C@H]2Cc3cccc(C)c3OB2O)C(=O)C1=O. The van der Waals surface area contributed by atoms with Gasteiger partial charge in [0, 0.05) is 26.1 Å². The van der Waals surface area contributed by atoms with Crippen LogP contribution in [0.5, 0.6) is 5.75 Å². The third-order valence-corrected chi connectivity index (χ3v) is 5.87. The van der Waals surface area contributed by atoms with Crippen LogP contribution in [0.15, 0.2) is 18.2 Å². The van der Waals surface area contributed by atoms with Gasteiger partial charge in [0.15, 0.2) is 0 Å². The van der Waals surface area contributed by atoms with Crippen molar-refractivity contribution in [3.05, 3.63) is 29.3 Å². The summed E-state index contributed by atoms with van der Waals surface area (Å²) in [5, 5.41) is 15.4. The van der Waals surface area contributed by atoms with Crippen LogP contribution in [0.2, 0.25) is 0 Å². The molecule has 0 aromatic heterocycles. The second-order valence-electron chi connectivity index (χ2n) is 8.24. The van der Waals surface area contributed by atoms with E-state index in [9.17, 15) is 29.0 Å². The zero-order valence-electron chi connectivity index (χ0n) is 19.1. The fourth-order valence-corrected chi connectivity index (χ4v) is 3.94. The summed E-state index contributed by atoms with van der Waals surface area (Å²) in [7, 11) is -1.33. The van der Waals surface area contributed by atoms with E-state index in [-0.39, 0.29) is 32.4 Å². The largest absolute Gasteiger partial charge is 0.547 e. The Morgan fingerprint density at radius 2 is 2.00 bits per heavy atom. The van der Waals surface area contributed by atoms with Crippen molar-refractivity contribution in [3.8, 4) is 5.75 Å². The quantitative estimate of drug-likeness (QED) is 0.275. The number of primary amides is 1. The Balaban J connectivity index is 1.70. The molecule has 3 rings (SSSR count). The van der Waals surface area contributed by atoms with Crippen LogP contribution < -0.4 is 21.0 Å². The average Bonchev–Trinajstić information content (AvgIpc) is 2.79. The molecule has 0 radical (unpaired) electrons. The lowest BCUT2D eigenvalue weighted by Crippen LogP contribution is -2.62. The normalized spacial score (nSPS) is 18.7. The summed E-state index contributed by atoms with van der Waals surface area (Å²) >= 11 is 0. The molecule has 12 nitrogen and oxygen atoms in total. The van der Waals surface area contributed by atoms with E-state index in [4.69, 9.17) is 10.4 Å². The number of carbonyl (C=O) groups is 5. The number of benzene rings is 1. The molecule has 5 N–H and O–H groups in total. The number of carbonyl (C=O) groups excluding carboxylic acids is 5. The standard InChI is InChI=1S/C21H28BN5O7/c1-3-26-9-10-27(20(31)19(26)30)21(32)24-14(7-8-16(23)28)18(29)25-15-11-13-6-4-5-12(2)17(13)34-22(15)33/h4-6,14-15,33H,3,7-11H2,1-2H3,(H2,23,28)(H,24,32)(H,25,29)/t14-,15+/m1/s1. The summed E-state index contributed by atoms with van der Waals surface area (Å²) in [6, 6.07) is 3.32. The fraction of sp³-hybridized carbons (Fsp3) is 0.476. The molecule has 2 aliphatic heterocycles. The molecule has 1 aromatic rings. The van der Waals surface area contributed by atoms with Gasteiger partial charge in [0.1, 0.15) is 11.8 Å². The number of para-hydroxylation sites is 1. The molecule has 2 heterocycles. The minimum atomic E-state index is -1.33. The summed E-state index contributed by atoms with van der Waals surface area (Å²) in [4.78, 5) is 63.5. The number of aryl methyl sites for hydroxylation is 1. The van der Waals surface area contributed by atoms with Crippen molar-refractivity contribution in [2.45, 2.75) is 45.1 Å². The second kappa shape index (κ2) is 10.6. The smallest absolute Gasteiger partial charge is 0.534 e. The van der Waals surface area contributed by atoms with Crippen molar-refractivity contribution in [1.82, 2.24) is 20.4 Å². The summed E-state index contributed by atoms with van der Waals surface area (Å²) in [6.45, 7) is 4.04. The monoisotopic (exact) mass is 473 g/mol. The molecule has 34 heavy (non-hydrogen) atoms. The zero-order chi connectivity index (χ0) is 25.0. The average molecular weight is 473 g/mol. The van der Waals surface area contributed by atoms with Crippen molar-refractivity contribution in [2.75, 3.05) is 19.6 Å². The number of hydrogen-bond acceptors (Lipinski definition) is 7. The second-order valence-corrected chi connectivity index (χ2v) is 8.24. The highest BCUT2D eigenvalue weighted by Crippen LogP contribution is 2.29. The first-order valence-electron chi connectivity index (χ1n) is 11.1. The number of fused-ring (bicyclic) bond motifs is 1. The van der Waals surface area contributed by atoms with Crippen LogP contribution in [-0.4, -0.2) is 83.2 Å². The van der Waals surface area contributed by atoms with Gasteiger partial charge in [0.2, 0.25) is 11.8 Å². The van der Waals surface area contributed by atoms with Gasteiger partial charge in [-0.2, -0.15) is 0 Å². The Labute approximate surface area is 196 Å². The van der Waals surface area contributed by atoms with E-state index in [2.05, 4.69) is 10.6 Å². The lowest BCUT2D eigenvalue weighted by atomic mass is 9.72. The Kier molecular flexibility index (Phi) is 7.77. The van der Waals surface area contributed by atoms with E-state index < -0.39 is 48.8 Å². The van der Waals surface area contributed by atoms with Crippen molar-refractivity contribution in [3.63, 3.8) is 0 Å². The van der Waals surface area contributed by atoms with Crippen LogP contribution in [0.3, 0.4) is 0 Å². The fourth-order valence-electron chi connectivity index (χ4n) is 3.94. The molecule has 0 unspecified atom stereocenters. The number of amides is 6. The first kappa shape index (κ1) is 25.0. The van der Waals surface area contributed by atoms with Gasteiger partial charge in [-0.15, -0.1) is 0 Å². The number of likely N-dealkylation sites (N-methyl/N-ethyl adjacent to an activating group) is 1. The molecule has 0 aliphatic carbocycles. The first-order valence-corrected chi connectivity index (χ1v) is 11.1. The van der Waals surface area contributed by atoms with E-state index in [1.807, 2.05) is 25.1 Å². The molecule has 2 atom stereocenters. The van der Waals surface area contributed by atoms with Crippen molar-refractivity contribution >= 4 is 36.8 Å². The molecule has 0 bridgehead atoms. The lowest BCUT2D eigenvalue weighted by molar-refractivity contribution is -0.153. The molecular weight excluding hydrogens is 445 g/mol. The van der Waals surface area contributed by atoms with E-state index in [0.717, 1.165) is 16.0 Å². The van der Waals surface area contributed by atoms with Crippen LogP contribution in [0, 0.1) is 6.92 Å². The summed E-state index contributed by atoms with van der Waals surface area (Å²) < 4.78 is 5.56. The number of hydrogen-bond donors (Lipinski definition) is 4. The molecule has 13 heteroatoms. The highest BCUT2D eigenvalue weighted by atomic mass is 16.5. The molecule has 1 saturated heterocycles. The Morgan fingerprint density at radius 3 is 2.68 bits per heavy atom. The molecule has 1 aromatic carbocycles. The first-order chi connectivity index (χ1) is 16.1. The van der Waals surface area contributed by atoms with Crippen LogP contribution in [0.4, 0.5) is 4.79 Å². The van der Waals surface area contributed by atoms with Gasteiger partial charge in [0.25, 0.3) is 0 Å². The Hall–Kier alpha value is -3.61. The zero-order valence-corrected chi connectivity index (χ0v) is 19.1. The van der Waals surface area contributed by atoms with E-state index in [1.165, 1.54) is 4.90 Å². The van der Waals surface area contributed by atoms with Gasteiger partial charge in [-0.1, -0.05) is 18.2 Å². The van der Waals surface area contributed by atoms with Gasteiger partial charge in [-0.3, -0.25) is 24.1 Å². The third kappa shape index (κ3) is 5.47. The number of rotatable bonds is 7. The molecule has 0 saturated carbocycles. The summed E-state index contributed by atoms with van der Waals surface area (Å²) in [5.74, 6) is -3.44. The third-order valence-electron chi connectivity index (χ3n) is 5.87. The molecule has 182 valence electrons. The molecule has 0 spiro atoms. The van der Waals surface area contributed by atoms with Gasteiger partial charge in [-0.05, 0) is 37.8 Å².